The summed E-state index contributed by atoms with van der Waals surface area (Å²) in [7, 11) is 0. The second-order valence-corrected chi connectivity index (χ2v) is 7.04. The van der Waals surface area contributed by atoms with Crippen molar-refractivity contribution >= 4 is 5.97 Å². The fourth-order valence-electron chi connectivity index (χ4n) is 3.95. The molecule has 144 valence electrons. The zero-order valence-electron chi connectivity index (χ0n) is 13.8. The third kappa shape index (κ3) is 3.39. The summed E-state index contributed by atoms with van der Waals surface area (Å²) in [5.74, 6) is -1.68. The average molecular weight is 374 g/mol. The molecule has 0 radical (unpaired) electrons. The molecule has 3 nitrogen and oxygen atoms in total. The van der Waals surface area contributed by atoms with Gasteiger partial charge in [-0.15, -0.1) is 0 Å². The summed E-state index contributed by atoms with van der Waals surface area (Å²) in [5.41, 5.74) is -6.80. The molecule has 1 N–H and O–H groups in total. The van der Waals surface area contributed by atoms with Gasteiger partial charge in [-0.05, 0) is 51.4 Å². The first-order valence-corrected chi connectivity index (χ1v) is 7.98. The molecule has 3 atom stereocenters. The molecule has 0 aromatic rings. The van der Waals surface area contributed by atoms with Crippen LogP contribution in [-0.2, 0) is 9.53 Å². The number of esters is 1. The average Bonchev–Trinajstić information content (AvgIpc) is 3.04. The number of hydrogen-bond donors (Lipinski definition) is 1. The van der Waals surface area contributed by atoms with Crippen LogP contribution < -0.4 is 0 Å². The zero-order valence-corrected chi connectivity index (χ0v) is 13.8. The van der Waals surface area contributed by atoms with Gasteiger partial charge in [0.2, 0.25) is 0 Å². The minimum atomic E-state index is -5.93. The van der Waals surface area contributed by atoms with Crippen LogP contribution in [0.2, 0.25) is 0 Å². The fraction of sp³-hybridized carbons (Fsp3) is 0.812. The van der Waals surface area contributed by atoms with Gasteiger partial charge in [0.05, 0.1) is 0 Å². The standard InChI is InChI=1S/C16H20F6O3/c1-3-9(2)12(23)25-13(7-10-4-5-11(13)6-10)8-14(24,15(17,18)19)16(20,21)22/h3,10-11,24H,4-8H2,1-2H3/b9-3+. The topological polar surface area (TPSA) is 46.5 Å². The van der Waals surface area contributed by atoms with Crippen LogP contribution in [-0.4, -0.2) is 34.6 Å². The Morgan fingerprint density at radius 2 is 1.76 bits per heavy atom. The van der Waals surface area contributed by atoms with E-state index < -0.39 is 41.9 Å². The maximum atomic E-state index is 13.1. The molecular formula is C16H20F6O3. The van der Waals surface area contributed by atoms with Crippen LogP contribution in [0.15, 0.2) is 11.6 Å². The number of carbonyl (C=O) groups excluding carboxylic acids is 1. The maximum absolute atomic E-state index is 13.1. The van der Waals surface area contributed by atoms with Gasteiger partial charge in [-0.2, -0.15) is 26.3 Å². The van der Waals surface area contributed by atoms with Crippen LogP contribution in [0, 0.1) is 11.8 Å². The first-order chi connectivity index (χ1) is 11.3. The molecule has 2 bridgehead atoms. The van der Waals surface area contributed by atoms with Crippen molar-refractivity contribution < 1.29 is 41.0 Å². The van der Waals surface area contributed by atoms with Gasteiger partial charge < -0.3 is 9.84 Å². The van der Waals surface area contributed by atoms with Crippen molar-refractivity contribution in [2.24, 2.45) is 11.8 Å². The van der Waals surface area contributed by atoms with Crippen LogP contribution in [0.4, 0.5) is 26.3 Å². The van der Waals surface area contributed by atoms with E-state index in [1.165, 1.54) is 19.9 Å². The lowest BCUT2D eigenvalue weighted by atomic mass is 9.75. The molecule has 2 saturated carbocycles. The number of alkyl halides is 6. The smallest absolute Gasteiger partial charge is 0.426 e. The number of ether oxygens (including phenoxy) is 1. The molecule has 3 unspecified atom stereocenters. The monoisotopic (exact) mass is 374 g/mol. The highest BCUT2D eigenvalue weighted by molar-refractivity contribution is 5.88. The molecule has 0 spiro atoms. The highest BCUT2D eigenvalue weighted by Crippen LogP contribution is 2.59. The van der Waals surface area contributed by atoms with Gasteiger partial charge in [0, 0.05) is 12.0 Å². The summed E-state index contributed by atoms with van der Waals surface area (Å²) in [4.78, 5) is 12.1. The molecule has 2 aliphatic rings. The predicted octanol–water partition coefficient (Wildman–Crippen LogP) is 4.30. The van der Waals surface area contributed by atoms with Crippen LogP contribution in [0.1, 0.15) is 46.0 Å². The lowest BCUT2D eigenvalue weighted by Crippen LogP contribution is -2.62. The lowest BCUT2D eigenvalue weighted by Gasteiger charge is -2.43. The van der Waals surface area contributed by atoms with E-state index in [-0.39, 0.29) is 17.9 Å². The lowest BCUT2D eigenvalue weighted by molar-refractivity contribution is -0.379. The van der Waals surface area contributed by atoms with E-state index in [9.17, 15) is 36.2 Å². The summed E-state index contributed by atoms with van der Waals surface area (Å²) in [6, 6.07) is 0. The summed E-state index contributed by atoms with van der Waals surface area (Å²) in [6.45, 7) is 2.87. The van der Waals surface area contributed by atoms with Crippen molar-refractivity contribution in [1.82, 2.24) is 0 Å². The molecule has 0 saturated heterocycles. The van der Waals surface area contributed by atoms with Crippen LogP contribution in [0.3, 0.4) is 0 Å². The Balaban J connectivity index is 2.42. The summed E-state index contributed by atoms with van der Waals surface area (Å²) >= 11 is 0. The van der Waals surface area contributed by atoms with Gasteiger partial charge >= 0.3 is 18.3 Å². The van der Waals surface area contributed by atoms with Gasteiger partial charge in [-0.1, -0.05) is 6.08 Å². The third-order valence-corrected chi connectivity index (χ3v) is 5.46. The fourth-order valence-corrected chi connectivity index (χ4v) is 3.95. The highest BCUT2D eigenvalue weighted by Gasteiger charge is 2.74. The maximum Gasteiger partial charge on any atom is 0.426 e. The zero-order chi connectivity index (χ0) is 19.3. The van der Waals surface area contributed by atoms with Crippen molar-refractivity contribution in [1.29, 1.82) is 0 Å². The Morgan fingerprint density at radius 3 is 2.12 bits per heavy atom. The number of halogens is 6. The van der Waals surface area contributed by atoms with Crippen molar-refractivity contribution in [2.45, 2.75) is 69.5 Å². The van der Waals surface area contributed by atoms with E-state index in [1.54, 1.807) is 0 Å². The predicted molar refractivity (Wildman–Crippen MR) is 75.4 cm³/mol. The Kier molecular flexibility index (Phi) is 4.96. The van der Waals surface area contributed by atoms with E-state index in [4.69, 9.17) is 4.74 Å². The normalized spacial score (nSPS) is 30.7. The van der Waals surface area contributed by atoms with Gasteiger partial charge in [-0.3, -0.25) is 0 Å². The number of fused-ring (bicyclic) bond motifs is 2. The molecule has 0 amide bonds. The van der Waals surface area contributed by atoms with Crippen molar-refractivity contribution in [3.63, 3.8) is 0 Å². The van der Waals surface area contributed by atoms with Gasteiger partial charge in [0.15, 0.2) is 0 Å². The quantitative estimate of drug-likeness (QED) is 0.453. The van der Waals surface area contributed by atoms with E-state index >= 15 is 0 Å². The van der Waals surface area contributed by atoms with Crippen molar-refractivity contribution in [3.05, 3.63) is 11.6 Å². The molecule has 0 heterocycles. The van der Waals surface area contributed by atoms with Gasteiger partial charge in [0.1, 0.15) is 5.60 Å². The molecule has 0 aromatic carbocycles. The summed E-state index contributed by atoms with van der Waals surface area (Å²) in [6.07, 6.45) is -10.9. The Hall–Kier alpha value is -1.25. The number of hydrogen-bond acceptors (Lipinski definition) is 3. The first kappa shape index (κ1) is 20.1. The Morgan fingerprint density at radius 1 is 1.20 bits per heavy atom. The second kappa shape index (κ2) is 6.17. The molecule has 2 aliphatic carbocycles. The van der Waals surface area contributed by atoms with Crippen LogP contribution >= 0.6 is 0 Å². The van der Waals surface area contributed by atoms with Crippen molar-refractivity contribution in [3.8, 4) is 0 Å². The van der Waals surface area contributed by atoms with E-state index in [2.05, 4.69) is 0 Å². The largest absolute Gasteiger partial charge is 0.455 e. The van der Waals surface area contributed by atoms with Crippen LogP contribution in [0.25, 0.3) is 0 Å². The number of aliphatic hydroxyl groups is 1. The minimum absolute atomic E-state index is 0.0877. The SMILES string of the molecule is C/C=C(\C)C(=O)OC1(CC(O)(C(F)(F)F)C(F)(F)F)CC2CCC1C2. The number of carbonyl (C=O) groups is 1. The molecule has 9 heteroatoms. The van der Waals surface area contributed by atoms with Gasteiger partial charge in [0.25, 0.3) is 5.60 Å². The van der Waals surface area contributed by atoms with Crippen molar-refractivity contribution in [2.75, 3.05) is 0 Å². The second-order valence-electron chi connectivity index (χ2n) is 7.04. The highest BCUT2D eigenvalue weighted by atomic mass is 19.4. The minimum Gasteiger partial charge on any atom is -0.455 e. The Bertz CT molecular complexity index is 551. The molecule has 0 aliphatic heterocycles. The molecule has 25 heavy (non-hydrogen) atoms. The third-order valence-electron chi connectivity index (χ3n) is 5.46. The van der Waals surface area contributed by atoms with Gasteiger partial charge in [-0.25, -0.2) is 4.79 Å². The molecule has 0 aromatic heterocycles. The van der Waals surface area contributed by atoms with Crippen LogP contribution in [0.5, 0.6) is 0 Å². The number of rotatable bonds is 4. The van der Waals surface area contributed by atoms with E-state index in [1.807, 2.05) is 0 Å². The summed E-state index contributed by atoms with van der Waals surface area (Å²) < 4.78 is 83.8. The molecule has 2 fully saturated rings. The summed E-state index contributed by atoms with van der Waals surface area (Å²) in [5, 5.41) is 9.59. The first-order valence-electron chi connectivity index (χ1n) is 7.98. The number of allylic oxidation sites excluding steroid dienone is 1. The molecular weight excluding hydrogens is 354 g/mol. The Labute approximate surface area is 141 Å². The molecule has 2 rings (SSSR count). The van der Waals surface area contributed by atoms with E-state index in [0.29, 0.717) is 19.3 Å². The van der Waals surface area contributed by atoms with E-state index in [0.717, 1.165) is 0 Å².